The van der Waals surface area contributed by atoms with Gasteiger partial charge in [0.25, 0.3) is 0 Å². The van der Waals surface area contributed by atoms with Crippen LogP contribution in [0, 0.1) is 17.8 Å². The van der Waals surface area contributed by atoms with Crippen molar-refractivity contribution in [2.75, 3.05) is 26.7 Å². The van der Waals surface area contributed by atoms with Gasteiger partial charge in [0.05, 0.1) is 12.7 Å². The Hall–Kier alpha value is -0.120. The Labute approximate surface area is 125 Å². The van der Waals surface area contributed by atoms with Gasteiger partial charge >= 0.3 is 0 Å². The highest BCUT2D eigenvalue weighted by Gasteiger charge is 2.36. The first-order chi connectivity index (χ1) is 9.51. The maximum absolute atomic E-state index is 6.13. The Morgan fingerprint density at radius 3 is 2.30 bits per heavy atom. The smallest absolute Gasteiger partial charge is 0.0857 e. The molecule has 1 N–H and O–H groups in total. The fourth-order valence-corrected chi connectivity index (χ4v) is 4.41. The molecule has 0 aromatic heterocycles. The third-order valence-corrected chi connectivity index (χ3v) is 5.31. The van der Waals surface area contributed by atoms with Crippen molar-refractivity contribution in [3.05, 3.63) is 0 Å². The summed E-state index contributed by atoms with van der Waals surface area (Å²) in [5.41, 5.74) is 0. The molecule has 2 fully saturated rings. The van der Waals surface area contributed by atoms with Gasteiger partial charge in [0.1, 0.15) is 0 Å². The second kappa shape index (κ2) is 7.24. The topological polar surface area (TPSA) is 24.5 Å². The molecular formula is C17H34N2O. The van der Waals surface area contributed by atoms with Gasteiger partial charge in [0.2, 0.25) is 0 Å². The molecule has 0 aromatic rings. The van der Waals surface area contributed by atoms with Crippen LogP contribution in [0.15, 0.2) is 0 Å². The van der Waals surface area contributed by atoms with Crippen LogP contribution >= 0.6 is 0 Å². The zero-order chi connectivity index (χ0) is 14.7. The Morgan fingerprint density at radius 1 is 1.10 bits per heavy atom. The van der Waals surface area contributed by atoms with E-state index in [2.05, 4.69) is 45.0 Å². The van der Waals surface area contributed by atoms with Gasteiger partial charge in [-0.05, 0) is 57.9 Å². The van der Waals surface area contributed by atoms with Crippen LogP contribution in [-0.2, 0) is 4.74 Å². The fourth-order valence-electron chi connectivity index (χ4n) is 4.41. The van der Waals surface area contributed by atoms with Crippen molar-refractivity contribution < 1.29 is 4.74 Å². The van der Waals surface area contributed by atoms with Crippen molar-refractivity contribution in [1.82, 2.24) is 10.2 Å². The second-order valence-electron chi connectivity index (χ2n) is 7.49. The minimum absolute atomic E-state index is 0.360. The lowest BCUT2D eigenvalue weighted by Crippen LogP contribution is -2.56. The van der Waals surface area contributed by atoms with Crippen molar-refractivity contribution in [1.29, 1.82) is 0 Å². The lowest BCUT2D eigenvalue weighted by atomic mass is 9.72. The predicted molar refractivity (Wildman–Crippen MR) is 85.0 cm³/mol. The summed E-state index contributed by atoms with van der Waals surface area (Å²) in [6.45, 7) is 12.5. The average Bonchev–Trinajstić information content (AvgIpc) is 2.39. The highest BCUT2D eigenvalue weighted by atomic mass is 16.5. The number of nitrogens with one attached hydrogen (secondary N) is 1. The third-order valence-electron chi connectivity index (χ3n) is 5.31. The van der Waals surface area contributed by atoms with Crippen LogP contribution in [0.3, 0.4) is 0 Å². The fraction of sp³-hybridized carbons (Fsp3) is 1.00. The van der Waals surface area contributed by atoms with E-state index in [4.69, 9.17) is 4.74 Å². The van der Waals surface area contributed by atoms with Crippen LogP contribution in [0.5, 0.6) is 0 Å². The summed E-state index contributed by atoms with van der Waals surface area (Å²) in [4.78, 5) is 2.56. The first-order valence-electron chi connectivity index (χ1n) is 8.54. The maximum atomic E-state index is 6.13. The number of likely N-dealkylation sites (N-methyl/N-ethyl adjacent to an activating group) is 1. The zero-order valence-electron chi connectivity index (χ0n) is 14.1. The molecule has 1 saturated carbocycles. The number of rotatable bonds is 4. The molecule has 0 amide bonds. The van der Waals surface area contributed by atoms with Crippen molar-refractivity contribution in [3.63, 3.8) is 0 Å². The molecule has 0 spiro atoms. The highest BCUT2D eigenvalue weighted by Crippen LogP contribution is 2.36. The summed E-state index contributed by atoms with van der Waals surface area (Å²) in [6, 6.07) is 1.14. The van der Waals surface area contributed by atoms with E-state index < -0.39 is 0 Å². The molecule has 1 heterocycles. The van der Waals surface area contributed by atoms with E-state index in [-0.39, 0.29) is 0 Å². The van der Waals surface area contributed by atoms with Gasteiger partial charge in [-0.15, -0.1) is 0 Å². The van der Waals surface area contributed by atoms with Gasteiger partial charge in [0, 0.05) is 25.2 Å². The largest absolute Gasteiger partial charge is 0.374 e. The average molecular weight is 282 g/mol. The van der Waals surface area contributed by atoms with E-state index in [1.807, 2.05) is 0 Å². The quantitative estimate of drug-likeness (QED) is 0.858. The molecule has 3 nitrogen and oxygen atoms in total. The van der Waals surface area contributed by atoms with Crippen molar-refractivity contribution >= 4 is 0 Å². The van der Waals surface area contributed by atoms with Crippen LogP contribution < -0.4 is 5.32 Å². The summed E-state index contributed by atoms with van der Waals surface area (Å²) in [5, 5.41) is 3.59. The van der Waals surface area contributed by atoms with Crippen LogP contribution in [0.2, 0.25) is 0 Å². The van der Waals surface area contributed by atoms with Crippen LogP contribution in [0.25, 0.3) is 0 Å². The lowest BCUT2D eigenvalue weighted by molar-refractivity contribution is -0.0690. The van der Waals surface area contributed by atoms with Gasteiger partial charge in [-0.1, -0.05) is 13.8 Å². The first kappa shape index (κ1) is 16.3. The van der Waals surface area contributed by atoms with E-state index in [0.29, 0.717) is 18.2 Å². The molecule has 0 aromatic carbocycles. The van der Waals surface area contributed by atoms with Gasteiger partial charge < -0.3 is 10.1 Å². The van der Waals surface area contributed by atoms with Crippen LogP contribution in [0.4, 0.5) is 0 Å². The van der Waals surface area contributed by atoms with Gasteiger partial charge in [-0.25, -0.2) is 0 Å². The number of hydrogen-bond donors (Lipinski definition) is 1. The zero-order valence-corrected chi connectivity index (χ0v) is 14.1. The summed E-state index contributed by atoms with van der Waals surface area (Å²) < 4.78 is 6.13. The number of nitrogens with zero attached hydrogens (tertiary/aromatic N) is 1. The maximum Gasteiger partial charge on any atom is 0.0857 e. The standard InChI is InChI=1S/C17H34N2O/c1-12(2)19-6-7-20-16(11-19)17(18-5)15-9-13(3)8-14(4)10-15/h12-18H,6-11H2,1-5H3. The van der Waals surface area contributed by atoms with Gasteiger partial charge in [-0.3, -0.25) is 4.90 Å². The summed E-state index contributed by atoms with van der Waals surface area (Å²) in [6.07, 6.45) is 4.48. The van der Waals surface area contributed by atoms with Crippen LogP contribution in [-0.4, -0.2) is 49.8 Å². The molecule has 1 saturated heterocycles. The van der Waals surface area contributed by atoms with E-state index >= 15 is 0 Å². The SMILES string of the molecule is CNC(C1CC(C)CC(C)C1)C1CN(C(C)C)CCO1. The Bertz CT molecular complexity index is 285. The second-order valence-corrected chi connectivity index (χ2v) is 7.49. The summed E-state index contributed by atoms with van der Waals surface area (Å²) >= 11 is 0. The molecule has 3 heteroatoms. The molecule has 4 atom stereocenters. The Balaban J connectivity index is 1.99. The molecule has 2 aliphatic rings. The summed E-state index contributed by atoms with van der Waals surface area (Å²) in [5.74, 6) is 2.50. The summed E-state index contributed by atoms with van der Waals surface area (Å²) in [7, 11) is 2.12. The monoisotopic (exact) mass is 282 g/mol. The number of ether oxygens (including phenoxy) is 1. The lowest BCUT2D eigenvalue weighted by Gasteiger charge is -2.44. The Kier molecular flexibility index (Phi) is 5.88. The molecule has 4 unspecified atom stereocenters. The number of morpholine rings is 1. The molecule has 20 heavy (non-hydrogen) atoms. The van der Waals surface area contributed by atoms with E-state index in [0.717, 1.165) is 37.5 Å². The van der Waals surface area contributed by atoms with Crippen molar-refractivity contribution in [3.8, 4) is 0 Å². The molecule has 1 aliphatic carbocycles. The number of hydrogen-bond acceptors (Lipinski definition) is 3. The minimum atomic E-state index is 0.360. The highest BCUT2D eigenvalue weighted by molar-refractivity contribution is 4.91. The van der Waals surface area contributed by atoms with Crippen molar-refractivity contribution in [2.45, 2.75) is 65.1 Å². The van der Waals surface area contributed by atoms with Crippen molar-refractivity contribution in [2.24, 2.45) is 17.8 Å². The van der Waals surface area contributed by atoms with Gasteiger partial charge in [-0.2, -0.15) is 0 Å². The van der Waals surface area contributed by atoms with Crippen LogP contribution in [0.1, 0.15) is 47.0 Å². The van der Waals surface area contributed by atoms with Gasteiger partial charge in [0.15, 0.2) is 0 Å². The van der Waals surface area contributed by atoms with E-state index in [1.54, 1.807) is 0 Å². The molecule has 118 valence electrons. The first-order valence-corrected chi connectivity index (χ1v) is 8.54. The molecule has 1 aliphatic heterocycles. The normalized spacial score (nSPS) is 38.1. The molecule has 2 rings (SSSR count). The van der Waals surface area contributed by atoms with E-state index in [9.17, 15) is 0 Å². The molecule has 0 bridgehead atoms. The molecular weight excluding hydrogens is 248 g/mol. The Morgan fingerprint density at radius 2 is 1.75 bits per heavy atom. The third kappa shape index (κ3) is 3.96. The minimum Gasteiger partial charge on any atom is -0.374 e. The van der Waals surface area contributed by atoms with E-state index in [1.165, 1.54) is 19.3 Å². The predicted octanol–water partition coefficient (Wildman–Crippen LogP) is 2.76. The molecule has 0 radical (unpaired) electrons.